The first-order valence-corrected chi connectivity index (χ1v) is 11.3. The number of hydrogen-bond acceptors (Lipinski definition) is 3. The summed E-state index contributed by atoms with van der Waals surface area (Å²) in [6.07, 6.45) is -0.0270. The van der Waals surface area contributed by atoms with E-state index in [9.17, 15) is 9.59 Å². The van der Waals surface area contributed by atoms with Crippen LogP contribution >= 0.6 is 0 Å². The molecule has 0 fully saturated rings. The SMILES string of the molecule is CC(C)(C)OC(=O)Nc1ccccc1C(=O)CC[Si](C)(C)C. The number of nitrogens with one attached hydrogen (secondary N) is 1. The fourth-order valence-corrected chi connectivity index (χ4v) is 2.85. The number of para-hydroxylation sites is 1. The Balaban J connectivity index is 2.81. The van der Waals surface area contributed by atoms with Gasteiger partial charge in [-0.2, -0.15) is 0 Å². The van der Waals surface area contributed by atoms with E-state index in [0.29, 0.717) is 17.7 Å². The molecule has 0 unspecified atom stereocenters. The van der Waals surface area contributed by atoms with Crippen LogP contribution in [0.5, 0.6) is 0 Å². The summed E-state index contributed by atoms with van der Waals surface area (Å²) in [5, 5.41) is 2.67. The van der Waals surface area contributed by atoms with E-state index in [1.54, 1.807) is 39.0 Å². The summed E-state index contributed by atoms with van der Waals surface area (Å²) < 4.78 is 5.24. The minimum atomic E-state index is -1.27. The van der Waals surface area contributed by atoms with E-state index in [4.69, 9.17) is 4.74 Å². The van der Waals surface area contributed by atoms with Gasteiger partial charge in [-0.25, -0.2) is 4.79 Å². The van der Waals surface area contributed by atoms with Crippen LogP contribution in [0, 0.1) is 0 Å². The largest absolute Gasteiger partial charge is 0.444 e. The molecule has 4 nitrogen and oxygen atoms in total. The van der Waals surface area contributed by atoms with Crippen molar-refractivity contribution in [3.63, 3.8) is 0 Å². The van der Waals surface area contributed by atoms with Gasteiger partial charge in [-0.05, 0) is 32.9 Å². The van der Waals surface area contributed by atoms with Crippen LogP contribution in [0.25, 0.3) is 0 Å². The van der Waals surface area contributed by atoms with Crippen LogP contribution in [0.15, 0.2) is 24.3 Å². The lowest BCUT2D eigenvalue weighted by Gasteiger charge is -2.20. The average molecular weight is 321 g/mol. The number of ether oxygens (including phenoxy) is 1. The summed E-state index contributed by atoms with van der Waals surface area (Å²) in [7, 11) is -1.27. The first-order chi connectivity index (χ1) is 9.98. The molecule has 1 aromatic rings. The fourth-order valence-electron chi connectivity index (χ4n) is 1.87. The quantitative estimate of drug-likeness (QED) is 0.617. The van der Waals surface area contributed by atoms with Gasteiger partial charge in [0.25, 0.3) is 0 Å². The van der Waals surface area contributed by atoms with Crippen molar-refractivity contribution >= 4 is 25.6 Å². The number of carbonyl (C=O) groups is 2. The lowest BCUT2D eigenvalue weighted by molar-refractivity contribution is 0.0636. The first-order valence-electron chi connectivity index (χ1n) is 7.60. The van der Waals surface area contributed by atoms with Crippen molar-refractivity contribution in [2.24, 2.45) is 0 Å². The van der Waals surface area contributed by atoms with E-state index in [1.807, 2.05) is 6.07 Å². The molecular formula is C17H27NO3Si. The molecule has 0 bridgehead atoms. The van der Waals surface area contributed by atoms with Gasteiger partial charge in [0, 0.05) is 20.1 Å². The minimum absolute atomic E-state index is 0.0640. The van der Waals surface area contributed by atoms with Crippen LogP contribution in [0.1, 0.15) is 37.6 Å². The molecule has 122 valence electrons. The lowest BCUT2D eigenvalue weighted by atomic mass is 10.1. The maximum Gasteiger partial charge on any atom is 0.412 e. The van der Waals surface area contributed by atoms with Crippen LogP contribution in [0.4, 0.5) is 10.5 Å². The highest BCUT2D eigenvalue weighted by atomic mass is 28.3. The molecule has 0 aliphatic carbocycles. The third-order valence-corrected chi connectivity index (χ3v) is 4.72. The topological polar surface area (TPSA) is 55.4 Å². The molecule has 0 aliphatic rings. The van der Waals surface area contributed by atoms with Crippen LogP contribution in [0.2, 0.25) is 25.7 Å². The minimum Gasteiger partial charge on any atom is -0.444 e. The van der Waals surface area contributed by atoms with Gasteiger partial charge < -0.3 is 4.74 Å². The van der Waals surface area contributed by atoms with Gasteiger partial charge in [-0.3, -0.25) is 10.1 Å². The number of benzene rings is 1. The molecular weight excluding hydrogens is 294 g/mol. The Bertz CT molecular complexity index is 542. The van der Waals surface area contributed by atoms with Crippen molar-refractivity contribution in [3.05, 3.63) is 29.8 Å². The number of amides is 1. The molecule has 0 aliphatic heterocycles. The van der Waals surface area contributed by atoms with Crippen molar-refractivity contribution in [2.45, 2.75) is 58.5 Å². The van der Waals surface area contributed by atoms with Crippen molar-refractivity contribution in [3.8, 4) is 0 Å². The fraction of sp³-hybridized carbons (Fsp3) is 0.529. The van der Waals surface area contributed by atoms with Crippen molar-refractivity contribution in [2.75, 3.05) is 5.32 Å². The Kier molecular flexibility index (Phi) is 5.94. The molecule has 0 heterocycles. The third kappa shape index (κ3) is 6.89. The zero-order valence-corrected chi connectivity index (χ0v) is 15.4. The molecule has 0 saturated heterocycles. The van der Waals surface area contributed by atoms with E-state index in [0.717, 1.165) is 6.04 Å². The summed E-state index contributed by atoms with van der Waals surface area (Å²) >= 11 is 0. The Morgan fingerprint density at radius 3 is 2.27 bits per heavy atom. The molecule has 1 N–H and O–H groups in total. The third-order valence-electron chi connectivity index (χ3n) is 2.97. The summed E-state index contributed by atoms with van der Waals surface area (Å²) in [6, 6.07) is 8.02. The summed E-state index contributed by atoms with van der Waals surface area (Å²) in [6.45, 7) is 12.1. The zero-order valence-electron chi connectivity index (χ0n) is 14.4. The highest BCUT2D eigenvalue weighted by molar-refractivity contribution is 6.76. The molecule has 0 atom stereocenters. The highest BCUT2D eigenvalue weighted by Crippen LogP contribution is 2.21. The summed E-state index contributed by atoms with van der Waals surface area (Å²) in [4.78, 5) is 24.3. The molecule has 1 amide bonds. The Morgan fingerprint density at radius 1 is 1.14 bits per heavy atom. The Hall–Kier alpha value is -1.62. The Labute approximate surface area is 134 Å². The van der Waals surface area contributed by atoms with Gasteiger partial charge in [0.2, 0.25) is 0 Å². The van der Waals surface area contributed by atoms with Crippen LogP contribution in [-0.2, 0) is 4.74 Å². The first kappa shape index (κ1) is 18.4. The number of rotatable bonds is 5. The number of carbonyl (C=O) groups excluding carboxylic acids is 2. The second-order valence-corrected chi connectivity index (χ2v) is 13.3. The van der Waals surface area contributed by atoms with E-state index in [2.05, 4.69) is 25.0 Å². The molecule has 0 aromatic heterocycles. The van der Waals surface area contributed by atoms with Gasteiger partial charge in [0.05, 0.1) is 5.69 Å². The molecule has 1 rings (SSSR count). The second kappa shape index (κ2) is 7.09. The van der Waals surface area contributed by atoms with Crippen LogP contribution < -0.4 is 5.32 Å². The summed E-state index contributed by atoms with van der Waals surface area (Å²) in [5.74, 6) is 0.0640. The predicted octanol–water partition coefficient (Wildman–Crippen LogP) is 4.94. The maximum absolute atomic E-state index is 12.4. The Morgan fingerprint density at radius 2 is 1.73 bits per heavy atom. The summed E-state index contributed by atoms with van der Waals surface area (Å²) in [5.41, 5.74) is 0.491. The van der Waals surface area contributed by atoms with E-state index >= 15 is 0 Å². The van der Waals surface area contributed by atoms with Crippen molar-refractivity contribution in [1.82, 2.24) is 0 Å². The van der Waals surface area contributed by atoms with Gasteiger partial charge in [0.15, 0.2) is 5.78 Å². The number of ketones is 1. The smallest absolute Gasteiger partial charge is 0.412 e. The standard InChI is InChI=1S/C17H27NO3Si/c1-17(2,3)21-16(20)18-14-10-8-7-9-13(14)15(19)11-12-22(4,5)6/h7-10H,11-12H2,1-6H3,(H,18,20). The van der Waals surface area contributed by atoms with Gasteiger partial charge in [-0.15, -0.1) is 0 Å². The zero-order chi connectivity index (χ0) is 17.0. The number of hydrogen-bond donors (Lipinski definition) is 1. The van der Waals surface area contributed by atoms with Crippen LogP contribution in [0.3, 0.4) is 0 Å². The number of Topliss-reactive ketones (excluding diaryl/α,β-unsaturated/α-hetero) is 1. The van der Waals surface area contributed by atoms with E-state index < -0.39 is 19.8 Å². The molecule has 0 spiro atoms. The van der Waals surface area contributed by atoms with Gasteiger partial charge >= 0.3 is 6.09 Å². The van der Waals surface area contributed by atoms with Gasteiger partial charge in [-0.1, -0.05) is 37.8 Å². The van der Waals surface area contributed by atoms with Crippen molar-refractivity contribution in [1.29, 1.82) is 0 Å². The highest BCUT2D eigenvalue weighted by Gasteiger charge is 2.20. The monoisotopic (exact) mass is 321 g/mol. The van der Waals surface area contributed by atoms with Crippen LogP contribution in [-0.4, -0.2) is 25.6 Å². The van der Waals surface area contributed by atoms with Gasteiger partial charge in [0.1, 0.15) is 5.60 Å². The maximum atomic E-state index is 12.4. The lowest BCUT2D eigenvalue weighted by Crippen LogP contribution is -2.28. The van der Waals surface area contributed by atoms with Crippen molar-refractivity contribution < 1.29 is 14.3 Å². The number of anilines is 1. The molecule has 1 aromatic carbocycles. The van der Waals surface area contributed by atoms with E-state index in [1.165, 1.54) is 0 Å². The normalized spacial score (nSPS) is 11.9. The predicted molar refractivity (Wildman–Crippen MR) is 93.4 cm³/mol. The molecule has 0 radical (unpaired) electrons. The molecule has 22 heavy (non-hydrogen) atoms. The second-order valence-electron chi connectivity index (χ2n) is 7.66. The molecule has 5 heteroatoms. The average Bonchev–Trinajstić information content (AvgIpc) is 2.33. The van der Waals surface area contributed by atoms with E-state index in [-0.39, 0.29) is 5.78 Å². The molecule has 0 saturated carbocycles.